The number of carbonyl (C=O) groups is 1. The van der Waals surface area contributed by atoms with Crippen molar-refractivity contribution in [2.24, 2.45) is 0 Å². The molecule has 28 heavy (non-hydrogen) atoms. The summed E-state index contributed by atoms with van der Waals surface area (Å²) in [5, 5.41) is 0. The second-order valence-corrected chi connectivity index (χ2v) is 21.4. The van der Waals surface area contributed by atoms with Crippen LogP contribution in [0.3, 0.4) is 0 Å². The molecule has 1 N–H and O–H groups in total. The first-order valence-electron chi connectivity index (χ1n) is 9.33. The monoisotopic (exact) mass is 468 g/mol. The standard InChI is InChI=1S/C11H15NO.C9H7.C2H7Si.2ClH.Ti/c1-11(2,3)9-7-5-4-6-8(9)10(12)13;1-2-5-9-7-3-6-8(9)4-1;1-3-2;;;/h4-7H,1-3H3,(H2,12,13);1-7H;3H,1-2H3;2*1H;/q;;;;;+3/p-3. The van der Waals surface area contributed by atoms with Crippen LogP contribution in [0.5, 0.6) is 0 Å². The summed E-state index contributed by atoms with van der Waals surface area (Å²) >= 11 is -1.78. The quantitative estimate of drug-likeness (QED) is 0.573. The summed E-state index contributed by atoms with van der Waals surface area (Å²) < 4.78 is 4.01. The maximum atomic E-state index is 13.2. The van der Waals surface area contributed by atoms with Crippen LogP contribution >= 0.6 is 0 Å². The maximum Gasteiger partial charge on any atom is -1.00 e. The maximum absolute atomic E-state index is 13.2. The first-order chi connectivity index (χ1) is 12.3. The van der Waals surface area contributed by atoms with E-state index < -0.39 is 24.0 Å². The van der Waals surface area contributed by atoms with E-state index in [4.69, 9.17) is 0 Å². The van der Waals surface area contributed by atoms with E-state index in [1.807, 2.05) is 18.2 Å². The van der Waals surface area contributed by atoms with Crippen molar-refractivity contribution in [3.05, 3.63) is 76.9 Å². The first-order valence-corrected chi connectivity index (χ1v) is 16.6. The Kier molecular flexibility index (Phi) is 9.24. The first kappa shape index (κ1) is 25.2. The van der Waals surface area contributed by atoms with E-state index in [9.17, 15) is 4.79 Å². The number of allylic oxidation sites excluding steroid dienone is 1. The normalized spacial score (nSPS) is 14.7. The van der Waals surface area contributed by atoms with Gasteiger partial charge in [-0.15, -0.1) is 0 Å². The minimum Gasteiger partial charge on any atom is -1.00 e. The molecular weight excluding hydrogens is 441 g/mol. The summed E-state index contributed by atoms with van der Waals surface area (Å²) in [7, 11) is 0. The Labute approximate surface area is 189 Å². The molecule has 1 unspecified atom stereocenters. The Balaban J connectivity index is 0.00000196. The van der Waals surface area contributed by atoms with Gasteiger partial charge in [0.1, 0.15) is 0 Å². The van der Waals surface area contributed by atoms with Crippen LogP contribution in [0.1, 0.15) is 52.0 Å². The predicted octanol–water partition coefficient (Wildman–Crippen LogP) is -0.993. The van der Waals surface area contributed by atoms with Gasteiger partial charge in [-0.3, -0.25) is 0 Å². The molecule has 2 nitrogen and oxygen atoms in total. The number of fused-ring (bicyclic) bond motifs is 1. The second-order valence-electron chi connectivity index (χ2n) is 8.33. The molecular formula is C22H28Cl2NOSiTi. The van der Waals surface area contributed by atoms with E-state index in [2.05, 4.69) is 80.1 Å². The van der Waals surface area contributed by atoms with Gasteiger partial charge in [-0.25, -0.2) is 0 Å². The number of amides is 1. The fourth-order valence-electron chi connectivity index (χ4n) is 3.64. The van der Waals surface area contributed by atoms with E-state index >= 15 is 0 Å². The van der Waals surface area contributed by atoms with E-state index in [1.54, 1.807) is 0 Å². The van der Waals surface area contributed by atoms with Crippen molar-refractivity contribution in [2.45, 2.75) is 43.5 Å². The van der Waals surface area contributed by atoms with Crippen LogP contribution in [-0.2, 0) is 22.8 Å². The zero-order valence-electron chi connectivity index (χ0n) is 17.1. The molecule has 149 valence electrons. The van der Waals surface area contributed by atoms with Gasteiger partial charge in [0.2, 0.25) is 0 Å². The summed E-state index contributed by atoms with van der Waals surface area (Å²) in [5.74, 6) is 0.129. The molecule has 0 aromatic heterocycles. The van der Waals surface area contributed by atoms with Gasteiger partial charge >= 0.3 is 165 Å². The Morgan fingerprint density at radius 1 is 1.00 bits per heavy atom. The van der Waals surface area contributed by atoms with Crippen molar-refractivity contribution in [3.8, 4) is 0 Å². The average molecular weight is 469 g/mol. The van der Waals surface area contributed by atoms with Gasteiger partial charge in [0.15, 0.2) is 0 Å². The number of hydrogen-bond donors (Lipinski definition) is 1. The minimum absolute atomic E-state index is 0. The van der Waals surface area contributed by atoms with Crippen LogP contribution < -0.4 is 28.6 Å². The van der Waals surface area contributed by atoms with E-state index in [0.717, 1.165) is 11.1 Å². The summed E-state index contributed by atoms with van der Waals surface area (Å²) in [5.41, 5.74) is 4.66. The Hall–Kier alpha value is -0.839. The van der Waals surface area contributed by atoms with Crippen molar-refractivity contribution in [3.63, 3.8) is 0 Å². The summed E-state index contributed by atoms with van der Waals surface area (Å²) in [6, 6.07) is 16.7. The third kappa shape index (κ3) is 5.40. The third-order valence-corrected chi connectivity index (χ3v) is 16.8. The number of carbonyl (C=O) groups excluding carboxylic acids is 1. The number of rotatable bonds is 4. The molecule has 2 aromatic carbocycles. The van der Waals surface area contributed by atoms with Crippen molar-refractivity contribution in [1.29, 1.82) is 0 Å². The molecule has 0 heterocycles. The predicted molar refractivity (Wildman–Crippen MR) is 110 cm³/mol. The molecule has 2 aromatic rings. The Morgan fingerprint density at radius 2 is 1.61 bits per heavy atom. The molecule has 1 atom stereocenters. The van der Waals surface area contributed by atoms with Crippen LogP contribution in [0.15, 0.2) is 54.6 Å². The third-order valence-electron chi connectivity index (χ3n) is 4.99. The molecule has 6 heteroatoms. The SMILES string of the molecule is C[SiH](C)[Ti+2]([NH]C(=O)c1ccccc1C(C)(C)C)[CH]1C=Cc2ccccc21.[Cl-].[Cl-]. The van der Waals surface area contributed by atoms with Gasteiger partial charge in [0.25, 0.3) is 0 Å². The largest absolute Gasteiger partial charge is 1.00 e. The zero-order chi connectivity index (χ0) is 18.9. The zero-order valence-corrected chi connectivity index (χ0v) is 21.3. The summed E-state index contributed by atoms with van der Waals surface area (Å²) in [6.07, 6.45) is 4.57. The average Bonchev–Trinajstić information content (AvgIpc) is 3.02. The summed E-state index contributed by atoms with van der Waals surface area (Å²) in [4.78, 5) is 13.2. The van der Waals surface area contributed by atoms with Crippen LogP contribution in [0, 0.1) is 0 Å². The Morgan fingerprint density at radius 3 is 2.25 bits per heavy atom. The fraction of sp³-hybridized carbons (Fsp3) is 0.318. The van der Waals surface area contributed by atoms with Gasteiger partial charge in [0, 0.05) is 0 Å². The minimum atomic E-state index is -1.78. The molecule has 1 amide bonds. The van der Waals surface area contributed by atoms with Crippen LogP contribution in [0.4, 0.5) is 0 Å². The molecule has 3 rings (SSSR count). The van der Waals surface area contributed by atoms with E-state index in [-0.39, 0.29) is 36.1 Å². The fourth-order valence-corrected chi connectivity index (χ4v) is 13.4. The number of nitrogens with one attached hydrogen (secondary N) is 1. The number of hydrogen-bond acceptors (Lipinski definition) is 1. The van der Waals surface area contributed by atoms with Crippen molar-refractivity contribution >= 4 is 18.6 Å². The van der Waals surface area contributed by atoms with E-state index in [0.29, 0.717) is 4.22 Å². The van der Waals surface area contributed by atoms with Gasteiger partial charge in [-0.1, -0.05) is 0 Å². The van der Waals surface area contributed by atoms with Gasteiger partial charge in [0.05, 0.1) is 0 Å². The number of benzene rings is 2. The van der Waals surface area contributed by atoms with Gasteiger partial charge < -0.3 is 24.8 Å². The molecule has 1 aliphatic carbocycles. The van der Waals surface area contributed by atoms with Gasteiger partial charge in [-0.05, 0) is 0 Å². The molecule has 0 saturated heterocycles. The van der Waals surface area contributed by atoms with Crippen LogP contribution in [-0.4, -0.2) is 12.6 Å². The van der Waals surface area contributed by atoms with Crippen molar-refractivity contribution < 1.29 is 47.0 Å². The Bertz CT molecular complexity index is 848. The molecule has 0 fully saturated rings. The van der Waals surface area contributed by atoms with E-state index in [1.165, 1.54) is 11.1 Å². The molecule has 0 saturated carbocycles. The molecule has 0 radical (unpaired) electrons. The molecule has 0 bridgehead atoms. The van der Waals surface area contributed by atoms with Crippen LogP contribution in [0.2, 0.25) is 13.1 Å². The van der Waals surface area contributed by atoms with Crippen molar-refractivity contribution in [2.75, 3.05) is 0 Å². The molecule has 0 spiro atoms. The topological polar surface area (TPSA) is 29.1 Å². The van der Waals surface area contributed by atoms with Crippen molar-refractivity contribution in [1.82, 2.24) is 3.80 Å². The molecule has 0 aliphatic heterocycles. The number of halogens is 2. The van der Waals surface area contributed by atoms with Gasteiger partial charge in [-0.2, -0.15) is 0 Å². The molecule has 1 aliphatic rings. The van der Waals surface area contributed by atoms with Crippen LogP contribution in [0.25, 0.3) is 6.08 Å². The smallest absolute Gasteiger partial charge is 1.00 e. The second kappa shape index (κ2) is 10.3. The summed E-state index contributed by atoms with van der Waals surface area (Å²) in [6.45, 7) is 10.3.